The molecule has 302 valence electrons. The van der Waals surface area contributed by atoms with Crippen LogP contribution in [-0.4, -0.2) is 36.0 Å². The summed E-state index contributed by atoms with van der Waals surface area (Å²) in [4.78, 5) is 19.9. The summed E-state index contributed by atoms with van der Waals surface area (Å²) < 4.78 is 28.8. The van der Waals surface area contributed by atoms with Crippen LogP contribution in [0.3, 0.4) is 0 Å². The van der Waals surface area contributed by atoms with E-state index in [-0.39, 0.29) is 122 Å². The topological polar surface area (TPSA) is 137 Å². The van der Waals surface area contributed by atoms with Crippen LogP contribution >= 0.6 is 39.1 Å². The first-order chi connectivity index (χ1) is 28.7. The molecule has 0 aliphatic rings. The first-order valence-corrected chi connectivity index (χ1v) is 19.6. The zero-order chi connectivity index (χ0) is 42.0. The average molecular weight is 978 g/mol. The van der Waals surface area contributed by atoms with Gasteiger partial charge in [0.2, 0.25) is 0 Å². The van der Waals surface area contributed by atoms with Crippen LogP contribution in [0.15, 0.2) is 158 Å². The molecular weight excluding hydrogens is 942 g/mol. The van der Waals surface area contributed by atoms with E-state index < -0.39 is 0 Å². The number of benzene rings is 4. The maximum absolute atomic E-state index is 13.1. The molecule has 0 aliphatic heterocycles. The number of carbonyl (C=O) groups is 1. The molecule has 0 amide bonds. The SMILES string of the molecule is Fc1ccc(CBr)cc1.Fc1ccc(CCc2cc(-c3ccccn3)nn2-c2ccccc2Cl)cc1.Nc1cc(-c2ccccn2)nn1-c1ccccc1Cl.O=CO[O-].[H-].[K+].[K+]. The molecular formula is C44H36BrCl2F2K2N7O3. The van der Waals surface area contributed by atoms with Gasteiger partial charge in [0.05, 0.1) is 32.8 Å². The summed E-state index contributed by atoms with van der Waals surface area (Å²) in [5.41, 5.74) is 13.9. The summed E-state index contributed by atoms with van der Waals surface area (Å²) >= 11 is 15.8. The molecule has 0 aliphatic carbocycles. The molecule has 0 saturated heterocycles. The maximum atomic E-state index is 13.1. The molecule has 0 spiro atoms. The Morgan fingerprint density at radius 2 is 1.08 bits per heavy atom. The second-order valence-electron chi connectivity index (χ2n) is 12.2. The number of aryl methyl sites for hydroxylation is 2. The van der Waals surface area contributed by atoms with Gasteiger partial charge in [-0.2, -0.15) is 10.2 Å². The van der Waals surface area contributed by atoms with Crippen molar-refractivity contribution in [2.75, 3.05) is 5.73 Å². The first kappa shape index (κ1) is 52.4. The third-order valence-corrected chi connectivity index (χ3v) is 9.51. The van der Waals surface area contributed by atoms with Crippen molar-refractivity contribution in [2.24, 2.45) is 0 Å². The normalized spacial score (nSPS) is 9.87. The summed E-state index contributed by atoms with van der Waals surface area (Å²) in [6, 6.07) is 43.3. The van der Waals surface area contributed by atoms with Gasteiger partial charge in [-0.1, -0.05) is 99.8 Å². The molecule has 0 radical (unpaired) electrons. The molecule has 4 aromatic carbocycles. The fourth-order valence-corrected chi connectivity index (χ4v) is 6.22. The molecule has 0 saturated carbocycles. The number of para-hydroxylation sites is 2. The van der Waals surface area contributed by atoms with Gasteiger partial charge in [0.25, 0.3) is 6.47 Å². The van der Waals surface area contributed by atoms with E-state index in [1.165, 1.54) is 24.3 Å². The number of anilines is 1. The zero-order valence-electron chi connectivity index (χ0n) is 34.1. The minimum Gasteiger partial charge on any atom is -1.00 e. The number of carbonyl (C=O) groups excluding carboxylic acids is 1. The van der Waals surface area contributed by atoms with Crippen molar-refractivity contribution < 1.29 is 128 Å². The molecule has 61 heavy (non-hydrogen) atoms. The van der Waals surface area contributed by atoms with Gasteiger partial charge in [0, 0.05) is 29.5 Å². The van der Waals surface area contributed by atoms with E-state index in [0.29, 0.717) is 15.9 Å². The van der Waals surface area contributed by atoms with Gasteiger partial charge in [-0.05, 0) is 103 Å². The van der Waals surface area contributed by atoms with Gasteiger partial charge in [0.15, 0.2) is 0 Å². The van der Waals surface area contributed by atoms with Gasteiger partial charge in [-0.3, -0.25) is 14.8 Å². The van der Waals surface area contributed by atoms with Crippen LogP contribution in [0, 0.1) is 11.6 Å². The third-order valence-electron chi connectivity index (χ3n) is 8.23. The number of hydrogen-bond donors (Lipinski definition) is 1. The number of aromatic nitrogens is 6. The summed E-state index contributed by atoms with van der Waals surface area (Å²) in [6.45, 7) is -0.181. The first-order valence-electron chi connectivity index (χ1n) is 17.7. The number of alkyl halides is 1. The molecule has 0 fully saturated rings. The predicted molar refractivity (Wildman–Crippen MR) is 229 cm³/mol. The minimum absolute atomic E-state index is 0. The van der Waals surface area contributed by atoms with Crippen molar-refractivity contribution in [3.05, 3.63) is 196 Å². The molecule has 0 unspecified atom stereocenters. The van der Waals surface area contributed by atoms with Crippen LogP contribution < -0.4 is 114 Å². The quantitative estimate of drug-likeness (QED) is 0.0756. The van der Waals surface area contributed by atoms with E-state index in [1.807, 2.05) is 102 Å². The molecule has 2 N–H and O–H groups in total. The monoisotopic (exact) mass is 975 g/mol. The van der Waals surface area contributed by atoms with E-state index >= 15 is 0 Å². The van der Waals surface area contributed by atoms with E-state index in [1.54, 1.807) is 41.3 Å². The van der Waals surface area contributed by atoms with Crippen molar-refractivity contribution in [2.45, 2.75) is 18.2 Å². The molecule has 17 heteroatoms. The Bertz CT molecular complexity index is 2530. The maximum Gasteiger partial charge on any atom is 1.00 e. The summed E-state index contributed by atoms with van der Waals surface area (Å²) in [7, 11) is 0. The fraction of sp³-hybridized carbons (Fsp3) is 0.0682. The summed E-state index contributed by atoms with van der Waals surface area (Å²) in [6.07, 6.45) is 5.00. The number of rotatable bonds is 9. The molecule has 0 bridgehead atoms. The number of pyridine rings is 2. The van der Waals surface area contributed by atoms with Gasteiger partial charge in [-0.25, -0.2) is 18.1 Å². The Kier molecular flexibility index (Phi) is 24.0. The number of nitrogens with two attached hydrogens (primary N) is 1. The smallest absolute Gasteiger partial charge is 1.00 e. The van der Waals surface area contributed by atoms with E-state index in [0.717, 1.165) is 69.1 Å². The third kappa shape index (κ3) is 16.3. The molecule has 4 aromatic heterocycles. The van der Waals surface area contributed by atoms with Crippen molar-refractivity contribution in [3.8, 4) is 34.2 Å². The Morgan fingerprint density at radius 3 is 1.54 bits per heavy atom. The number of nitrogens with zero attached hydrogens (tertiary/aromatic N) is 6. The van der Waals surface area contributed by atoms with E-state index in [9.17, 15) is 8.78 Å². The Balaban J connectivity index is 0.000000329. The fourth-order valence-electron chi connectivity index (χ4n) is 5.42. The van der Waals surface area contributed by atoms with Gasteiger partial charge in [0.1, 0.15) is 28.8 Å². The van der Waals surface area contributed by atoms with Crippen LogP contribution in [0.25, 0.3) is 34.2 Å². The minimum atomic E-state index is -0.225. The van der Waals surface area contributed by atoms with Gasteiger partial charge in [-0.15, -0.1) is 0 Å². The Hall–Kier alpha value is -2.98. The molecule has 8 aromatic rings. The van der Waals surface area contributed by atoms with Gasteiger partial charge < -0.3 is 17.3 Å². The summed E-state index contributed by atoms with van der Waals surface area (Å²) in [5, 5.41) is 19.7. The molecule has 0 atom stereocenters. The number of halogens is 5. The van der Waals surface area contributed by atoms with E-state index in [2.05, 4.69) is 35.9 Å². The van der Waals surface area contributed by atoms with Crippen LogP contribution in [0.2, 0.25) is 10.0 Å². The van der Waals surface area contributed by atoms with Crippen molar-refractivity contribution in [1.29, 1.82) is 0 Å². The van der Waals surface area contributed by atoms with Crippen LogP contribution in [0.1, 0.15) is 18.2 Å². The number of nitrogen functional groups attached to an aromatic ring is 1. The average Bonchev–Trinajstić information content (AvgIpc) is 3.89. The molecule has 4 heterocycles. The van der Waals surface area contributed by atoms with Crippen molar-refractivity contribution in [1.82, 2.24) is 29.5 Å². The van der Waals surface area contributed by atoms with Crippen LogP contribution in [-0.2, 0) is 27.9 Å². The molecule has 10 nitrogen and oxygen atoms in total. The Labute approximate surface area is 456 Å². The Morgan fingerprint density at radius 1 is 0.639 bits per heavy atom. The van der Waals surface area contributed by atoms with Crippen molar-refractivity contribution in [3.63, 3.8) is 0 Å². The zero-order valence-corrected chi connectivity index (χ0v) is 42.4. The predicted octanol–water partition coefficient (Wildman–Crippen LogP) is 3.96. The van der Waals surface area contributed by atoms with E-state index in [4.69, 9.17) is 44.1 Å². The number of hydrogen-bond acceptors (Lipinski definition) is 8. The molecule has 8 rings (SSSR count). The second kappa shape index (κ2) is 27.9. The largest absolute Gasteiger partial charge is 1.00 e. The second-order valence-corrected chi connectivity index (χ2v) is 13.6. The van der Waals surface area contributed by atoms with Crippen molar-refractivity contribution >= 4 is 51.4 Å². The van der Waals surface area contributed by atoms with Gasteiger partial charge >= 0.3 is 103 Å². The summed E-state index contributed by atoms with van der Waals surface area (Å²) in [5.74, 6) is 0.116. The van der Waals surface area contributed by atoms with Crippen LogP contribution in [0.5, 0.6) is 0 Å². The van der Waals surface area contributed by atoms with Crippen LogP contribution in [0.4, 0.5) is 14.6 Å². The standard InChI is InChI=1S/C22H17ClFN3.C14H11ClN4.C7H6BrF.CH2O3.2K.H/c23-19-5-1-2-7-22(19)27-18(13-10-16-8-11-17(24)12-9-16)15-21(26-27)20-6-3-4-14-25-20;15-10-5-1-2-7-13(10)19-14(16)9-12(18-19)11-6-3-4-8-17-11;8-5-6-1-3-7(9)4-2-6;2-1-4-3;;;/h1-9,11-12,14-15H,10,13H2;1-9H,16H2;1-4H,5H2;1,3H;;;/q;;;;2*+1;-1/p-1.